The van der Waals surface area contributed by atoms with Crippen molar-refractivity contribution in [2.75, 3.05) is 0 Å². The zero-order valence-electron chi connectivity index (χ0n) is 16.6. The van der Waals surface area contributed by atoms with Crippen molar-refractivity contribution in [2.45, 2.75) is 26.0 Å². The first-order chi connectivity index (χ1) is 14.3. The van der Waals surface area contributed by atoms with Crippen LogP contribution in [0.3, 0.4) is 0 Å². The van der Waals surface area contributed by atoms with Gasteiger partial charge >= 0.3 is 0 Å². The number of hydrogen-bond acceptors (Lipinski definition) is 1. The number of nitrogens with zero attached hydrogens (tertiary/aromatic N) is 1. The van der Waals surface area contributed by atoms with Crippen LogP contribution in [0.25, 0.3) is 10.9 Å². The van der Waals surface area contributed by atoms with Crippen molar-refractivity contribution in [3.05, 3.63) is 108 Å². The monoisotopic (exact) mass is 379 g/mol. The van der Waals surface area contributed by atoms with Crippen LogP contribution >= 0.6 is 0 Å². The number of rotatable bonds is 5. The number of aromatic nitrogens is 1. The lowest BCUT2D eigenvalue weighted by Gasteiger charge is -2.20. The molecule has 1 aromatic heterocycles. The van der Waals surface area contributed by atoms with Crippen LogP contribution in [0.15, 0.2) is 91.0 Å². The minimum Gasteiger partial charge on any atom is -0.386 e. The van der Waals surface area contributed by atoms with Gasteiger partial charge < -0.3 is 9.67 Å². The Morgan fingerprint density at radius 1 is 0.862 bits per heavy atom. The summed E-state index contributed by atoms with van der Waals surface area (Å²) < 4.78 is 2.22. The summed E-state index contributed by atoms with van der Waals surface area (Å²) in [5.41, 5.74) is 4.24. The highest BCUT2D eigenvalue weighted by atomic mass is 16.3. The minimum absolute atomic E-state index is 0.131. The van der Waals surface area contributed by atoms with Crippen LogP contribution in [0.2, 0.25) is 0 Å². The van der Waals surface area contributed by atoms with Crippen molar-refractivity contribution in [1.82, 2.24) is 4.57 Å². The smallest absolute Gasteiger partial charge is 0.108 e. The number of hydrogen-bond donors (Lipinski definition) is 1. The van der Waals surface area contributed by atoms with Gasteiger partial charge in [-0.15, -0.1) is 0 Å². The quantitative estimate of drug-likeness (QED) is 0.436. The minimum atomic E-state index is -0.646. The molecule has 4 rings (SSSR count). The number of aliphatic hydroxyl groups is 1. The molecule has 1 heterocycles. The lowest BCUT2D eigenvalue weighted by atomic mass is 9.96. The topological polar surface area (TPSA) is 25.2 Å². The van der Waals surface area contributed by atoms with Gasteiger partial charge in [0.25, 0.3) is 0 Å². The molecule has 4 aromatic rings. The molecule has 144 valence electrons. The van der Waals surface area contributed by atoms with Crippen LogP contribution in [-0.2, 0) is 6.54 Å². The lowest BCUT2D eigenvalue weighted by molar-refractivity contribution is 0.126. The van der Waals surface area contributed by atoms with Crippen LogP contribution in [0.5, 0.6) is 0 Å². The summed E-state index contributed by atoms with van der Waals surface area (Å²) in [6.07, 6.45) is 0.140. The Hall–Kier alpha value is -3.28. The van der Waals surface area contributed by atoms with Gasteiger partial charge in [0.15, 0.2) is 0 Å². The normalized spacial score (nSPS) is 12.9. The van der Waals surface area contributed by atoms with Crippen molar-refractivity contribution < 1.29 is 5.11 Å². The Bertz CT molecular complexity index is 1130. The van der Waals surface area contributed by atoms with Gasteiger partial charge in [-0.2, -0.15) is 0 Å². The molecule has 29 heavy (non-hydrogen) atoms. The molecule has 0 saturated carbocycles. The average molecular weight is 380 g/mol. The first kappa shape index (κ1) is 19.1. The van der Waals surface area contributed by atoms with Gasteiger partial charge in [-0.1, -0.05) is 85.5 Å². The van der Waals surface area contributed by atoms with E-state index >= 15 is 0 Å². The molecule has 0 radical (unpaired) electrons. The van der Waals surface area contributed by atoms with Crippen LogP contribution in [0, 0.1) is 17.8 Å². The predicted molar refractivity (Wildman–Crippen MR) is 120 cm³/mol. The first-order valence-corrected chi connectivity index (χ1v) is 10.1. The maximum atomic E-state index is 11.3. The van der Waals surface area contributed by atoms with Gasteiger partial charge in [-0.05, 0) is 41.6 Å². The van der Waals surface area contributed by atoms with Gasteiger partial charge in [0.05, 0.1) is 5.92 Å². The first-order valence-electron chi connectivity index (χ1n) is 10.1. The fourth-order valence-electron chi connectivity index (χ4n) is 3.73. The van der Waals surface area contributed by atoms with Gasteiger partial charge in [0, 0.05) is 23.3 Å². The summed E-state index contributed by atoms with van der Waals surface area (Å²) in [7, 11) is 0. The third-order valence-electron chi connectivity index (χ3n) is 5.33. The maximum Gasteiger partial charge on any atom is 0.108 e. The standard InChI is InChI=1S/C27H25NO/c1-2-23(18-17-21-11-5-3-6-12-21)27(29)26-19-24-15-9-10-16-25(24)28(26)20-22-13-7-4-8-14-22/h3-16,19,23,27,29H,2,20H2,1H3. The lowest BCUT2D eigenvalue weighted by Crippen LogP contribution is -2.15. The second kappa shape index (κ2) is 8.82. The summed E-state index contributed by atoms with van der Waals surface area (Å²) in [6.45, 7) is 2.81. The Kier molecular flexibility index (Phi) is 5.79. The van der Waals surface area contributed by atoms with E-state index in [1.54, 1.807) is 0 Å². The molecule has 0 saturated heterocycles. The molecular formula is C27H25NO. The van der Waals surface area contributed by atoms with Gasteiger partial charge in [0.1, 0.15) is 6.10 Å². The molecule has 0 amide bonds. The van der Waals surface area contributed by atoms with Crippen molar-refractivity contribution in [3.63, 3.8) is 0 Å². The van der Waals surface area contributed by atoms with E-state index in [9.17, 15) is 5.11 Å². The highest BCUT2D eigenvalue weighted by molar-refractivity contribution is 5.81. The third-order valence-corrected chi connectivity index (χ3v) is 5.33. The molecule has 0 aliphatic rings. The molecule has 1 N–H and O–H groups in total. The second-order valence-corrected chi connectivity index (χ2v) is 7.29. The zero-order chi connectivity index (χ0) is 20.1. The van der Waals surface area contributed by atoms with Crippen molar-refractivity contribution in [2.24, 2.45) is 5.92 Å². The highest BCUT2D eigenvalue weighted by Gasteiger charge is 2.22. The zero-order valence-corrected chi connectivity index (χ0v) is 16.6. The summed E-state index contributed by atoms with van der Waals surface area (Å²) in [5.74, 6) is 6.41. The molecule has 2 unspecified atom stereocenters. The van der Waals surface area contributed by atoms with E-state index in [0.717, 1.165) is 35.1 Å². The highest BCUT2D eigenvalue weighted by Crippen LogP contribution is 2.31. The molecule has 0 bridgehead atoms. The molecule has 2 nitrogen and oxygen atoms in total. The van der Waals surface area contributed by atoms with Crippen molar-refractivity contribution >= 4 is 10.9 Å². The summed E-state index contributed by atoms with van der Waals surface area (Å²) in [4.78, 5) is 0. The van der Waals surface area contributed by atoms with E-state index in [2.05, 4.69) is 65.8 Å². The second-order valence-electron chi connectivity index (χ2n) is 7.29. The Labute approximate surface area is 172 Å². The number of fused-ring (bicyclic) bond motifs is 1. The molecule has 0 fully saturated rings. The van der Waals surface area contributed by atoms with Crippen LogP contribution in [-0.4, -0.2) is 9.67 Å². The van der Waals surface area contributed by atoms with Crippen LogP contribution in [0.1, 0.15) is 36.3 Å². The van der Waals surface area contributed by atoms with E-state index in [4.69, 9.17) is 0 Å². The Morgan fingerprint density at radius 2 is 1.52 bits per heavy atom. The molecular weight excluding hydrogens is 354 g/mol. The molecule has 0 aliphatic heterocycles. The number of para-hydroxylation sites is 1. The fraction of sp³-hybridized carbons (Fsp3) is 0.185. The SMILES string of the molecule is CCC(C#Cc1ccccc1)C(O)c1cc2ccccc2n1Cc1ccccc1. The van der Waals surface area contributed by atoms with E-state index in [-0.39, 0.29) is 5.92 Å². The van der Waals surface area contributed by atoms with Crippen LogP contribution in [0.4, 0.5) is 0 Å². The molecule has 0 aliphatic carbocycles. The number of aliphatic hydroxyl groups excluding tert-OH is 1. The van der Waals surface area contributed by atoms with Crippen molar-refractivity contribution in [1.29, 1.82) is 0 Å². The third kappa shape index (κ3) is 4.26. The van der Waals surface area contributed by atoms with Gasteiger partial charge in [-0.25, -0.2) is 0 Å². The van der Waals surface area contributed by atoms with Crippen LogP contribution < -0.4 is 0 Å². The number of benzene rings is 3. The van der Waals surface area contributed by atoms with E-state index in [1.165, 1.54) is 5.56 Å². The fourth-order valence-corrected chi connectivity index (χ4v) is 3.73. The van der Waals surface area contributed by atoms with E-state index < -0.39 is 6.10 Å². The maximum absolute atomic E-state index is 11.3. The van der Waals surface area contributed by atoms with Gasteiger partial charge in [0.2, 0.25) is 0 Å². The molecule has 3 aromatic carbocycles. The summed E-state index contributed by atoms with van der Waals surface area (Å²) in [5, 5.41) is 12.4. The van der Waals surface area contributed by atoms with Crippen molar-refractivity contribution in [3.8, 4) is 11.8 Å². The molecule has 2 atom stereocenters. The summed E-state index contributed by atoms with van der Waals surface area (Å²) >= 11 is 0. The van der Waals surface area contributed by atoms with E-state index in [1.807, 2.05) is 48.5 Å². The van der Waals surface area contributed by atoms with Gasteiger partial charge in [-0.3, -0.25) is 0 Å². The summed E-state index contributed by atoms with van der Waals surface area (Å²) in [6, 6.07) is 30.7. The Morgan fingerprint density at radius 3 is 2.24 bits per heavy atom. The molecule has 2 heteroatoms. The van der Waals surface area contributed by atoms with E-state index in [0.29, 0.717) is 0 Å². The average Bonchev–Trinajstić information content (AvgIpc) is 3.14. The predicted octanol–water partition coefficient (Wildman–Crippen LogP) is 5.80. The largest absolute Gasteiger partial charge is 0.386 e. The molecule has 0 spiro atoms. The Balaban J connectivity index is 1.72.